The maximum atomic E-state index is 9.83. The van der Waals surface area contributed by atoms with Crippen molar-refractivity contribution in [3.63, 3.8) is 0 Å². The van der Waals surface area contributed by atoms with Gasteiger partial charge in [-0.3, -0.25) is 0 Å². The lowest BCUT2D eigenvalue weighted by atomic mass is 10.00. The summed E-state index contributed by atoms with van der Waals surface area (Å²) in [4.78, 5) is 0. The fraction of sp³-hybridized carbons (Fsp3) is 0.107. The molecule has 0 amide bonds. The molecule has 0 saturated carbocycles. The predicted octanol–water partition coefficient (Wildman–Crippen LogP) is 7.56. The minimum absolute atomic E-state index is 0.445. The number of fused-ring (bicyclic) bond motifs is 1. The SMILES string of the molecule is COc1cc(/C=C(/C#N)c2ccc3ccccc3c2)c(Br)cc1OCc1cccc(C)c1. The number of nitrogens with zero attached hydrogens (tertiary/aromatic N) is 1. The van der Waals surface area contributed by atoms with E-state index >= 15 is 0 Å². The van der Waals surface area contributed by atoms with Gasteiger partial charge in [0, 0.05) is 4.47 Å². The molecule has 3 nitrogen and oxygen atoms in total. The van der Waals surface area contributed by atoms with Crippen LogP contribution in [0, 0.1) is 18.3 Å². The third kappa shape index (κ3) is 4.85. The Balaban J connectivity index is 1.64. The molecule has 0 bridgehead atoms. The van der Waals surface area contributed by atoms with E-state index in [4.69, 9.17) is 9.47 Å². The summed E-state index contributed by atoms with van der Waals surface area (Å²) in [5.74, 6) is 1.25. The second kappa shape index (κ2) is 9.72. The maximum absolute atomic E-state index is 9.83. The van der Waals surface area contributed by atoms with Crippen LogP contribution in [0.15, 0.2) is 83.3 Å². The molecule has 4 rings (SSSR count). The first kappa shape index (κ1) is 21.7. The van der Waals surface area contributed by atoms with Crippen molar-refractivity contribution < 1.29 is 9.47 Å². The molecule has 0 atom stereocenters. The molecule has 32 heavy (non-hydrogen) atoms. The number of nitriles is 1. The largest absolute Gasteiger partial charge is 0.493 e. The van der Waals surface area contributed by atoms with Crippen molar-refractivity contribution >= 4 is 38.4 Å². The first-order valence-electron chi connectivity index (χ1n) is 10.2. The van der Waals surface area contributed by atoms with Gasteiger partial charge in [0.15, 0.2) is 11.5 Å². The second-order valence-corrected chi connectivity index (χ2v) is 8.39. The van der Waals surface area contributed by atoms with E-state index in [0.29, 0.717) is 23.7 Å². The molecule has 0 heterocycles. The lowest BCUT2D eigenvalue weighted by molar-refractivity contribution is 0.284. The molecular weight excluding hydrogens is 462 g/mol. The van der Waals surface area contributed by atoms with Gasteiger partial charge in [-0.1, -0.05) is 82.2 Å². The van der Waals surface area contributed by atoms with Crippen molar-refractivity contribution in [2.75, 3.05) is 7.11 Å². The van der Waals surface area contributed by atoms with E-state index in [2.05, 4.69) is 47.1 Å². The molecule has 0 N–H and O–H groups in total. The Kier molecular flexibility index (Phi) is 6.58. The van der Waals surface area contributed by atoms with Gasteiger partial charge in [0.2, 0.25) is 0 Å². The van der Waals surface area contributed by atoms with Gasteiger partial charge in [-0.2, -0.15) is 5.26 Å². The summed E-state index contributed by atoms with van der Waals surface area (Å²) in [5.41, 5.74) is 4.57. The molecule has 0 fully saturated rings. The number of ether oxygens (including phenoxy) is 2. The molecule has 0 spiro atoms. The van der Waals surface area contributed by atoms with Gasteiger partial charge >= 0.3 is 0 Å². The van der Waals surface area contributed by atoms with Crippen LogP contribution < -0.4 is 9.47 Å². The summed E-state index contributed by atoms with van der Waals surface area (Å²) < 4.78 is 12.4. The van der Waals surface area contributed by atoms with Crippen molar-refractivity contribution in [3.8, 4) is 17.6 Å². The zero-order valence-corrected chi connectivity index (χ0v) is 19.5. The van der Waals surface area contributed by atoms with Gasteiger partial charge in [-0.15, -0.1) is 0 Å². The van der Waals surface area contributed by atoms with Crippen molar-refractivity contribution in [2.24, 2.45) is 0 Å². The standard InChI is InChI=1S/C28H22BrNO2/c1-19-6-5-7-20(12-19)18-32-28-16-26(29)24(15-27(28)31-2)14-25(17-30)23-11-10-21-8-3-4-9-22(21)13-23/h3-16H,18H2,1-2H3/b25-14-. The summed E-state index contributed by atoms with van der Waals surface area (Å²) in [6.45, 7) is 2.50. The summed E-state index contributed by atoms with van der Waals surface area (Å²) in [6.07, 6.45) is 1.86. The van der Waals surface area contributed by atoms with Crippen LogP contribution in [0.25, 0.3) is 22.4 Å². The van der Waals surface area contributed by atoms with Crippen LogP contribution in [0.5, 0.6) is 11.5 Å². The molecule has 4 heteroatoms. The highest BCUT2D eigenvalue weighted by Gasteiger charge is 2.12. The highest BCUT2D eigenvalue weighted by atomic mass is 79.9. The molecule has 0 aliphatic rings. The first-order chi connectivity index (χ1) is 15.6. The zero-order chi connectivity index (χ0) is 22.5. The van der Waals surface area contributed by atoms with Gasteiger partial charge < -0.3 is 9.47 Å². The second-order valence-electron chi connectivity index (χ2n) is 7.53. The summed E-state index contributed by atoms with van der Waals surface area (Å²) in [7, 11) is 1.62. The minimum atomic E-state index is 0.445. The molecule has 0 aliphatic carbocycles. The smallest absolute Gasteiger partial charge is 0.162 e. The van der Waals surface area contributed by atoms with Crippen molar-refractivity contribution in [2.45, 2.75) is 13.5 Å². The number of aryl methyl sites for hydroxylation is 1. The van der Waals surface area contributed by atoms with E-state index in [1.807, 2.05) is 66.7 Å². The van der Waals surface area contributed by atoms with Gasteiger partial charge in [-0.05, 0) is 58.7 Å². The van der Waals surface area contributed by atoms with E-state index in [0.717, 1.165) is 31.9 Å². The highest BCUT2D eigenvalue weighted by Crippen LogP contribution is 2.36. The summed E-state index contributed by atoms with van der Waals surface area (Å²) >= 11 is 3.63. The Hall–Kier alpha value is -3.55. The van der Waals surface area contributed by atoms with E-state index in [-0.39, 0.29) is 0 Å². The Morgan fingerprint density at radius 1 is 0.938 bits per heavy atom. The third-order valence-electron chi connectivity index (χ3n) is 5.24. The van der Waals surface area contributed by atoms with Crippen molar-refractivity contribution in [1.82, 2.24) is 0 Å². The van der Waals surface area contributed by atoms with E-state index in [1.54, 1.807) is 7.11 Å². The van der Waals surface area contributed by atoms with Gasteiger partial charge in [0.05, 0.1) is 18.8 Å². The van der Waals surface area contributed by atoms with Crippen LogP contribution in [-0.2, 0) is 6.61 Å². The molecule has 4 aromatic carbocycles. The van der Waals surface area contributed by atoms with Crippen LogP contribution in [0.4, 0.5) is 0 Å². The fourth-order valence-corrected chi connectivity index (χ4v) is 4.03. The number of hydrogen-bond acceptors (Lipinski definition) is 3. The van der Waals surface area contributed by atoms with E-state index < -0.39 is 0 Å². The highest BCUT2D eigenvalue weighted by molar-refractivity contribution is 9.10. The average Bonchev–Trinajstić information content (AvgIpc) is 2.82. The summed E-state index contributed by atoms with van der Waals surface area (Å²) in [6, 6.07) is 28.5. The first-order valence-corrected chi connectivity index (χ1v) is 11.0. The molecular formula is C28H22BrNO2. The van der Waals surface area contributed by atoms with Crippen LogP contribution in [0.3, 0.4) is 0 Å². The topological polar surface area (TPSA) is 42.2 Å². The number of methoxy groups -OCH3 is 1. The quantitative estimate of drug-likeness (QED) is 0.210. The number of benzene rings is 4. The number of rotatable bonds is 6. The average molecular weight is 484 g/mol. The predicted molar refractivity (Wildman–Crippen MR) is 134 cm³/mol. The monoisotopic (exact) mass is 483 g/mol. The molecule has 0 saturated heterocycles. The van der Waals surface area contributed by atoms with Crippen LogP contribution in [0.2, 0.25) is 0 Å². The molecule has 0 unspecified atom stereocenters. The Morgan fingerprint density at radius 3 is 2.50 bits per heavy atom. The lowest BCUT2D eigenvalue weighted by Crippen LogP contribution is -1.99. The molecule has 158 valence electrons. The lowest BCUT2D eigenvalue weighted by Gasteiger charge is -2.13. The van der Waals surface area contributed by atoms with Gasteiger partial charge in [-0.25, -0.2) is 0 Å². The Labute approximate surface area is 196 Å². The van der Waals surface area contributed by atoms with Gasteiger partial charge in [0.25, 0.3) is 0 Å². The number of allylic oxidation sites excluding steroid dienone is 1. The molecule has 0 aliphatic heterocycles. The van der Waals surface area contributed by atoms with E-state index in [9.17, 15) is 5.26 Å². The van der Waals surface area contributed by atoms with Gasteiger partial charge in [0.1, 0.15) is 6.61 Å². The molecule has 0 radical (unpaired) electrons. The minimum Gasteiger partial charge on any atom is -0.493 e. The van der Waals surface area contributed by atoms with Crippen molar-refractivity contribution in [3.05, 3.63) is 106 Å². The molecule has 0 aromatic heterocycles. The Morgan fingerprint density at radius 2 is 1.75 bits per heavy atom. The van der Waals surface area contributed by atoms with Crippen LogP contribution in [0.1, 0.15) is 22.3 Å². The molecule has 4 aromatic rings. The normalized spacial score (nSPS) is 11.2. The maximum Gasteiger partial charge on any atom is 0.162 e. The number of halogens is 1. The Bertz CT molecular complexity index is 1350. The van der Waals surface area contributed by atoms with Crippen LogP contribution in [-0.4, -0.2) is 7.11 Å². The fourth-order valence-electron chi connectivity index (χ4n) is 3.59. The summed E-state index contributed by atoms with van der Waals surface area (Å²) in [5, 5.41) is 12.1. The van der Waals surface area contributed by atoms with E-state index in [1.165, 1.54) is 5.56 Å². The third-order valence-corrected chi connectivity index (χ3v) is 5.93. The van der Waals surface area contributed by atoms with Crippen LogP contribution >= 0.6 is 15.9 Å². The van der Waals surface area contributed by atoms with Crippen molar-refractivity contribution in [1.29, 1.82) is 5.26 Å². The zero-order valence-electron chi connectivity index (χ0n) is 17.9. The number of hydrogen-bond donors (Lipinski definition) is 0.